The lowest BCUT2D eigenvalue weighted by Crippen LogP contribution is -2.22. The quantitative estimate of drug-likeness (QED) is 0.931. The summed E-state index contributed by atoms with van der Waals surface area (Å²) in [7, 11) is 3.12. The smallest absolute Gasteiger partial charge is 0.343 e. The van der Waals surface area contributed by atoms with Gasteiger partial charge in [-0.2, -0.15) is 13.2 Å². The number of benzene rings is 1. The fourth-order valence-electron chi connectivity index (χ4n) is 1.66. The Bertz CT molecular complexity index is 741. The maximum Gasteiger partial charge on any atom is 0.416 e. The van der Waals surface area contributed by atoms with Gasteiger partial charge >= 0.3 is 6.18 Å². The van der Waals surface area contributed by atoms with Gasteiger partial charge in [-0.3, -0.25) is 14.9 Å². The first-order valence-electron chi connectivity index (χ1n) is 6.34. The van der Waals surface area contributed by atoms with Crippen LogP contribution in [0.25, 0.3) is 0 Å². The van der Waals surface area contributed by atoms with E-state index in [1.807, 2.05) is 0 Å². The number of hydrogen-bond acceptors (Lipinski definition) is 4. The number of aromatic nitrogens is 1. The molecule has 0 atom stereocenters. The van der Waals surface area contributed by atoms with Crippen molar-refractivity contribution in [3.05, 3.63) is 46.5 Å². The summed E-state index contributed by atoms with van der Waals surface area (Å²) in [5, 5.41) is 3.98. The van der Waals surface area contributed by atoms with Crippen molar-refractivity contribution < 1.29 is 22.8 Å². The Balaban J connectivity index is 2.15. The van der Waals surface area contributed by atoms with Gasteiger partial charge in [0.05, 0.1) is 5.56 Å². The largest absolute Gasteiger partial charge is 0.416 e. The van der Waals surface area contributed by atoms with Crippen molar-refractivity contribution in [2.24, 2.45) is 0 Å². The average Bonchev–Trinajstić information content (AvgIpc) is 2.94. The van der Waals surface area contributed by atoms with Gasteiger partial charge in [-0.25, -0.2) is 4.98 Å². The van der Waals surface area contributed by atoms with Gasteiger partial charge in [-0.1, -0.05) is 6.07 Å². The van der Waals surface area contributed by atoms with Crippen molar-refractivity contribution in [2.45, 2.75) is 6.18 Å². The number of carbonyl (C=O) groups is 2. The molecule has 0 aliphatic heterocycles. The molecule has 0 unspecified atom stereocenters. The molecule has 0 bridgehead atoms. The van der Waals surface area contributed by atoms with Crippen LogP contribution in [0.5, 0.6) is 0 Å². The number of anilines is 1. The molecule has 5 nitrogen and oxygen atoms in total. The van der Waals surface area contributed by atoms with Crippen molar-refractivity contribution in [3.63, 3.8) is 0 Å². The molecule has 1 aromatic carbocycles. The van der Waals surface area contributed by atoms with Crippen LogP contribution >= 0.6 is 11.3 Å². The molecule has 0 spiro atoms. The van der Waals surface area contributed by atoms with Crippen LogP contribution in [0, 0.1) is 0 Å². The predicted octanol–water partition coefficient (Wildman–Crippen LogP) is 3.12. The van der Waals surface area contributed by atoms with Crippen LogP contribution < -0.4 is 5.32 Å². The van der Waals surface area contributed by atoms with E-state index in [9.17, 15) is 22.8 Å². The zero-order valence-electron chi connectivity index (χ0n) is 12.1. The number of nitrogens with one attached hydrogen (secondary N) is 1. The molecule has 0 radical (unpaired) electrons. The van der Waals surface area contributed by atoms with Crippen molar-refractivity contribution in [1.29, 1.82) is 0 Å². The summed E-state index contributed by atoms with van der Waals surface area (Å²) in [5.41, 5.74) is -0.900. The van der Waals surface area contributed by atoms with Crippen molar-refractivity contribution >= 4 is 28.3 Å². The minimum absolute atomic E-state index is 0.137. The minimum Gasteiger partial charge on any atom is -0.343 e. The van der Waals surface area contributed by atoms with Crippen LogP contribution in [0.1, 0.15) is 26.4 Å². The van der Waals surface area contributed by atoms with Crippen LogP contribution in [-0.2, 0) is 6.18 Å². The van der Waals surface area contributed by atoms with Crippen LogP contribution in [-0.4, -0.2) is 35.8 Å². The number of alkyl halides is 3. The standard InChI is InChI=1S/C14H12F3N3O2S/c1-20(2)12(22)10-7-23-13(18-10)19-11(21)8-4-3-5-9(6-8)14(15,16)17/h3-7H,1-2H3,(H,18,19,21). The van der Waals surface area contributed by atoms with E-state index in [0.717, 1.165) is 29.5 Å². The molecule has 1 N–H and O–H groups in total. The molecule has 0 aliphatic carbocycles. The zero-order chi connectivity index (χ0) is 17.2. The third-order valence-electron chi connectivity index (χ3n) is 2.80. The zero-order valence-corrected chi connectivity index (χ0v) is 13.0. The van der Waals surface area contributed by atoms with Gasteiger partial charge in [0.15, 0.2) is 5.13 Å². The molecule has 23 heavy (non-hydrogen) atoms. The number of carbonyl (C=O) groups excluding carboxylic acids is 2. The van der Waals surface area contributed by atoms with Gasteiger partial charge in [0.2, 0.25) is 0 Å². The third kappa shape index (κ3) is 4.07. The van der Waals surface area contributed by atoms with E-state index in [2.05, 4.69) is 10.3 Å². The van der Waals surface area contributed by atoms with Crippen LogP contribution in [0.3, 0.4) is 0 Å². The molecule has 0 fully saturated rings. The monoisotopic (exact) mass is 343 g/mol. The Morgan fingerprint density at radius 1 is 1.26 bits per heavy atom. The molecule has 9 heteroatoms. The minimum atomic E-state index is -4.53. The van der Waals surface area contributed by atoms with Crippen LogP contribution in [0.15, 0.2) is 29.6 Å². The first kappa shape index (κ1) is 16.9. The summed E-state index contributed by atoms with van der Waals surface area (Å²) in [5.74, 6) is -1.06. The number of rotatable bonds is 3. The molecule has 0 saturated heterocycles. The van der Waals surface area contributed by atoms with Crippen molar-refractivity contribution in [1.82, 2.24) is 9.88 Å². The average molecular weight is 343 g/mol. The summed E-state index contributed by atoms with van der Waals surface area (Å²) in [6.45, 7) is 0. The second kappa shape index (κ2) is 6.37. The highest BCUT2D eigenvalue weighted by Gasteiger charge is 2.31. The van der Waals surface area contributed by atoms with E-state index >= 15 is 0 Å². The van der Waals surface area contributed by atoms with Crippen molar-refractivity contribution in [2.75, 3.05) is 19.4 Å². The number of thiazole rings is 1. The fraction of sp³-hybridized carbons (Fsp3) is 0.214. The SMILES string of the molecule is CN(C)C(=O)c1csc(NC(=O)c2cccc(C(F)(F)F)c2)n1. The highest BCUT2D eigenvalue weighted by molar-refractivity contribution is 7.14. The normalized spacial score (nSPS) is 11.2. The van der Waals surface area contributed by atoms with E-state index < -0.39 is 17.6 Å². The number of hydrogen-bond donors (Lipinski definition) is 1. The molecular formula is C14H12F3N3O2S. The summed E-state index contributed by atoms with van der Waals surface area (Å²) in [6, 6.07) is 4.06. The number of nitrogens with zero attached hydrogens (tertiary/aromatic N) is 2. The Morgan fingerprint density at radius 3 is 2.57 bits per heavy atom. The van der Waals surface area contributed by atoms with E-state index in [0.29, 0.717) is 0 Å². The van der Waals surface area contributed by atoms with Crippen LogP contribution in [0.4, 0.5) is 18.3 Å². The molecule has 2 aromatic rings. The fourth-order valence-corrected chi connectivity index (χ4v) is 2.34. The summed E-state index contributed by atoms with van der Waals surface area (Å²) in [4.78, 5) is 29.0. The number of halogens is 3. The molecule has 2 rings (SSSR count). The molecule has 1 aromatic heterocycles. The third-order valence-corrected chi connectivity index (χ3v) is 3.56. The summed E-state index contributed by atoms with van der Waals surface area (Å²) < 4.78 is 37.9. The first-order valence-corrected chi connectivity index (χ1v) is 7.22. The molecule has 0 saturated carbocycles. The second-order valence-electron chi connectivity index (χ2n) is 4.77. The Labute approximate surface area is 133 Å². The Hall–Kier alpha value is -2.42. The van der Waals surface area contributed by atoms with Gasteiger partial charge < -0.3 is 4.90 Å². The van der Waals surface area contributed by atoms with Gasteiger partial charge in [0.25, 0.3) is 11.8 Å². The maximum absolute atomic E-state index is 12.6. The lowest BCUT2D eigenvalue weighted by Gasteiger charge is -2.08. The molecular weight excluding hydrogens is 331 g/mol. The van der Waals surface area contributed by atoms with Gasteiger partial charge in [-0.15, -0.1) is 11.3 Å². The second-order valence-corrected chi connectivity index (χ2v) is 5.63. The van der Waals surface area contributed by atoms with Crippen molar-refractivity contribution in [3.8, 4) is 0 Å². The maximum atomic E-state index is 12.6. The lowest BCUT2D eigenvalue weighted by molar-refractivity contribution is -0.137. The topological polar surface area (TPSA) is 62.3 Å². The summed E-state index contributed by atoms with van der Waals surface area (Å²) in [6.07, 6.45) is -4.53. The highest BCUT2D eigenvalue weighted by atomic mass is 32.1. The Kier molecular flexibility index (Phi) is 4.69. The van der Waals surface area contributed by atoms with Gasteiger partial charge in [-0.05, 0) is 18.2 Å². The lowest BCUT2D eigenvalue weighted by atomic mass is 10.1. The molecule has 122 valence electrons. The predicted molar refractivity (Wildman–Crippen MR) is 79.5 cm³/mol. The van der Waals surface area contributed by atoms with Gasteiger partial charge in [0.1, 0.15) is 5.69 Å². The van der Waals surface area contributed by atoms with E-state index in [1.54, 1.807) is 14.1 Å². The van der Waals surface area contributed by atoms with E-state index in [-0.39, 0.29) is 22.3 Å². The Morgan fingerprint density at radius 2 is 1.96 bits per heavy atom. The number of amides is 2. The summed E-state index contributed by atoms with van der Waals surface area (Å²) >= 11 is 1.02. The van der Waals surface area contributed by atoms with Gasteiger partial charge in [0, 0.05) is 25.0 Å². The molecule has 1 heterocycles. The molecule has 2 amide bonds. The van der Waals surface area contributed by atoms with Crippen LogP contribution in [0.2, 0.25) is 0 Å². The highest BCUT2D eigenvalue weighted by Crippen LogP contribution is 2.29. The van der Waals surface area contributed by atoms with E-state index in [1.165, 1.54) is 16.3 Å². The molecule has 0 aliphatic rings. The van der Waals surface area contributed by atoms with E-state index in [4.69, 9.17) is 0 Å². The first-order chi connectivity index (χ1) is 10.7.